The molecule has 0 unspecified atom stereocenters. The van der Waals surface area contributed by atoms with Gasteiger partial charge in [0, 0.05) is 19.6 Å². The van der Waals surface area contributed by atoms with Gasteiger partial charge >= 0.3 is 0 Å². The standard InChI is InChI=1S/C12H24N2.C2H6/c1-11(2)8-14-6-4-12(5-7-14)9-13(3)10-12;1-2/h11H,4-10H2,1-3H3;1-2H3. The Hall–Kier alpha value is -0.0800. The molecular formula is C14H30N2. The first-order chi connectivity index (χ1) is 7.60. The van der Waals surface area contributed by atoms with Crippen LogP contribution in [0, 0.1) is 11.3 Å². The van der Waals surface area contributed by atoms with Crippen LogP contribution in [0.5, 0.6) is 0 Å². The molecule has 2 heteroatoms. The van der Waals surface area contributed by atoms with Crippen molar-refractivity contribution < 1.29 is 0 Å². The average Bonchev–Trinajstić information content (AvgIpc) is 2.22. The number of piperidine rings is 1. The lowest BCUT2D eigenvalue weighted by Crippen LogP contribution is -2.58. The molecule has 0 saturated carbocycles. The zero-order chi connectivity index (χ0) is 12.2. The molecule has 0 amide bonds. The van der Waals surface area contributed by atoms with E-state index in [4.69, 9.17) is 0 Å². The topological polar surface area (TPSA) is 6.48 Å². The van der Waals surface area contributed by atoms with Crippen molar-refractivity contribution in [3.8, 4) is 0 Å². The van der Waals surface area contributed by atoms with Gasteiger partial charge in [-0.1, -0.05) is 27.7 Å². The van der Waals surface area contributed by atoms with Gasteiger partial charge in [-0.15, -0.1) is 0 Å². The van der Waals surface area contributed by atoms with Gasteiger partial charge < -0.3 is 9.80 Å². The second-order valence-electron chi connectivity index (χ2n) is 5.87. The summed E-state index contributed by atoms with van der Waals surface area (Å²) in [6, 6.07) is 0. The summed E-state index contributed by atoms with van der Waals surface area (Å²) in [5, 5.41) is 0. The Bertz CT molecular complexity index is 185. The molecule has 96 valence electrons. The van der Waals surface area contributed by atoms with Crippen molar-refractivity contribution in [1.29, 1.82) is 0 Å². The van der Waals surface area contributed by atoms with Crippen molar-refractivity contribution in [2.75, 3.05) is 39.8 Å². The Morgan fingerprint density at radius 3 is 1.94 bits per heavy atom. The fraction of sp³-hybridized carbons (Fsp3) is 1.00. The van der Waals surface area contributed by atoms with E-state index in [0.29, 0.717) is 0 Å². The van der Waals surface area contributed by atoms with E-state index < -0.39 is 0 Å². The van der Waals surface area contributed by atoms with Crippen molar-refractivity contribution in [1.82, 2.24) is 9.80 Å². The van der Waals surface area contributed by atoms with Crippen LogP contribution in [0.1, 0.15) is 40.5 Å². The third kappa shape index (κ3) is 3.46. The molecular weight excluding hydrogens is 196 g/mol. The highest BCUT2D eigenvalue weighted by molar-refractivity contribution is 4.96. The van der Waals surface area contributed by atoms with Gasteiger partial charge in [-0.3, -0.25) is 0 Å². The first-order valence-corrected chi connectivity index (χ1v) is 7.01. The molecule has 0 aliphatic carbocycles. The fourth-order valence-corrected chi connectivity index (χ4v) is 3.14. The maximum Gasteiger partial charge on any atom is 0.00484 e. The molecule has 2 heterocycles. The maximum atomic E-state index is 2.65. The lowest BCUT2D eigenvalue weighted by Gasteiger charge is -2.53. The second-order valence-corrected chi connectivity index (χ2v) is 5.87. The molecule has 0 atom stereocenters. The van der Waals surface area contributed by atoms with Crippen LogP contribution in [0.3, 0.4) is 0 Å². The minimum absolute atomic E-state index is 0.724. The summed E-state index contributed by atoms with van der Waals surface area (Å²) >= 11 is 0. The molecule has 2 nitrogen and oxygen atoms in total. The molecule has 2 fully saturated rings. The highest BCUT2D eigenvalue weighted by Crippen LogP contribution is 2.39. The molecule has 0 bridgehead atoms. The fourth-order valence-electron chi connectivity index (χ4n) is 3.14. The lowest BCUT2D eigenvalue weighted by atomic mass is 9.72. The molecule has 0 aromatic rings. The lowest BCUT2D eigenvalue weighted by molar-refractivity contribution is -0.0330. The summed E-state index contributed by atoms with van der Waals surface area (Å²) < 4.78 is 0. The number of hydrogen-bond acceptors (Lipinski definition) is 2. The van der Waals surface area contributed by atoms with Crippen LogP contribution in [-0.4, -0.2) is 49.6 Å². The molecule has 0 aromatic heterocycles. The molecule has 1 spiro atoms. The molecule has 16 heavy (non-hydrogen) atoms. The third-order valence-corrected chi connectivity index (χ3v) is 3.75. The second kappa shape index (κ2) is 6.02. The summed E-state index contributed by atoms with van der Waals surface area (Å²) in [4.78, 5) is 5.10. The van der Waals surface area contributed by atoms with Gasteiger partial charge in [0.1, 0.15) is 0 Å². The Morgan fingerprint density at radius 2 is 1.56 bits per heavy atom. The summed E-state index contributed by atoms with van der Waals surface area (Å²) in [6.45, 7) is 15.3. The highest BCUT2D eigenvalue weighted by atomic mass is 15.2. The van der Waals surface area contributed by atoms with Crippen molar-refractivity contribution in [2.45, 2.75) is 40.5 Å². The van der Waals surface area contributed by atoms with Gasteiger partial charge in [0.2, 0.25) is 0 Å². The summed E-state index contributed by atoms with van der Waals surface area (Å²) in [6.07, 6.45) is 2.87. The molecule has 2 aliphatic heterocycles. The molecule has 0 aromatic carbocycles. The number of nitrogens with zero attached hydrogens (tertiary/aromatic N) is 2. The van der Waals surface area contributed by atoms with Crippen molar-refractivity contribution >= 4 is 0 Å². The minimum atomic E-state index is 0.724. The van der Waals surface area contributed by atoms with Crippen molar-refractivity contribution in [3.63, 3.8) is 0 Å². The molecule has 0 radical (unpaired) electrons. The number of rotatable bonds is 2. The Kier molecular flexibility index (Phi) is 5.26. The van der Waals surface area contributed by atoms with Crippen molar-refractivity contribution in [3.05, 3.63) is 0 Å². The van der Waals surface area contributed by atoms with Crippen LogP contribution in [0.25, 0.3) is 0 Å². The molecule has 2 saturated heterocycles. The minimum Gasteiger partial charge on any atom is -0.305 e. The zero-order valence-electron chi connectivity index (χ0n) is 11.9. The quantitative estimate of drug-likeness (QED) is 0.714. The Labute approximate surface area is 102 Å². The van der Waals surface area contributed by atoms with E-state index >= 15 is 0 Å². The largest absolute Gasteiger partial charge is 0.305 e. The summed E-state index contributed by atoms with van der Waals surface area (Å²) in [7, 11) is 2.24. The average molecular weight is 226 g/mol. The van der Waals surface area contributed by atoms with Gasteiger partial charge in [0.05, 0.1) is 0 Å². The van der Waals surface area contributed by atoms with Crippen LogP contribution in [-0.2, 0) is 0 Å². The molecule has 2 rings (SSSR count). The number of hydrogen-bond donors (Lipinski definition) is 0. The number of likely N-dealkylation sites (tertiary alicyclic amines) is 2. The van der Waals surface area contributed by atoms with Crippen LogP contribution in [0.2, 0.25) is 0 Å². The maximum absolute atomic E-state index is 2.65. The third-order valence-electron chi connectivity index (χ3n) is 3.75. The van der Waals surface area contributed by atoms with Crippen LogP contribution >= 0.6 is 0 Å². The van der Waals surface area contributed by atoms with Crippen LogP contribution in [0.15, 0.2) is 0 Å². The van der Waals surface area contributed by atoms with Gasteiger partial charge in [0.15, 0.2) is 0 Å². The normalized spacial score (nSPS) is 25.1. The van der Waals surface area contributed by atoms with Gasteiger partial charge in [-0.25, -0.2) is 0 Å². The van der Waals surface area contributed by atoms with E-state index in [0.717, 1.165) is 11.3 Å². The van der Waals surface area contributed by atoms with E-state index in [1.165, 1.54) is 45.6 Å². The molecule has 2 aliphatic rings. The van der Waals surface area contributed by atoms with E-state index in [9.17, 15) is 0 Å². The predicted molar refractivity (Wildman–Crippen MR) is 71.8 cm³/mol. The predicted octanol–water partition coefficient (Wildman–Crippen LogP) is 2.70. The Morgan fingerprint density at radius 1 is 1.06 bits per heavy atom. The highest BCUT2D eigenvalue weighted by Gasteiger charge is 2.42. The van der Waals surface area contributed by atoms with E-state index in [2.05, 4.69) is 30.7 Å². The monoisotopic (exact) mass is 226 g/mol. The van der Waals surface area contributed by atoms with Crippen molar-refractivity contribution in [2.24, 2.45) is 11.3 Å². The summed E-state index contributed by atoms with van der Waals surface area (Å²) in [5.74, 6) is 0.827. The van der Waals surface area contributed by atoms with E-state index in [1.54, 1.807) is 0 Å². The molecule has 0 N–H and O–H groups in total. The van der Waals surface area contributed by atoms with E-state index in [-0.39, 0.29) is 0 Å². The van der Waals surface area contributed by atoms with Gasteiger partial charge in [-0.2, -0.15) is 0 Å². The van der Waals surface area contributed by atoms with Crippen LogP contribution in [0.4, 0.5) is 0 Å². The summed E-state index contributed by atoms with van der Waals surface area (Å²) in [5.41, 5.74) is 0.724. The Balaban J connectivity index is 0.000000606. The first kappa shape index (κ1) is 14.0. The van der Waals surface area contributed by atoms with E-state index in [1.807, 2.05) is 13.8 Å². The van der Waals surface area contributed by atoms with Gasteiger partial charge in [-0.05, 0) is 44.3 Å². The van der Waals surface area contributed by atoms with Crippen LogP contribution < -0.4 is 0 Å². The SMILES string of the molecule is CC.CC(C)CN1CCC2(CC1)CN(C)C2. The first-order valence-electron chi connectivity index (χ1n) is 7.01. The smallest absolute Gasteiger partial charge is 0.00484 e. The van der Waals surface area contributed by atoms with Gasteiger partial charge in [0.25, 0.3) is 0 Å². The zero-order valence-corrected chi connectivity index (χ0v) is 11.9.